The molecule has 4 heteroatoms. The van der Waals surface area contributed by atoms with Crippen LogP contribution in [-0.4, -0.2) is 25.3 Å². The van der Waals surface area contributed by atoms with Crippen LogP contribution < -0.4 is 9.47 Å². The molecule has 0 fully saturated rings. The van der Waals surface area contributed by atoms with Gasteiger partial charge < -0.3 is 14.6 Å². The molecule has 4 nitrogen and oxygen atoms in total. The zero-order chi connectivity index (χ0) is 20.6. The third-order valence-corrected chi connectivity index (χ3v) is 5.09. The summed E-state index contributed by atoms with van der Waals surface area (Å²) in [6.07, 6.45) is 3.44. The molecule has 0 aliphatic rings. The Morgan fingerprint density at radius 1 is 0.724 bits per heavy atom. The van der Waals surface area contributed by atoms with E-state index in [1.807, 2.05) is 24.3 Å². The molecule has 0 unspecified atom stereocenters. The summed E-state index contributed by atoms with van der Waals surface area (Å²) in [5, 5.41) is 9.04. The Bertz CT molecular complexity index is 947. The highest BCUT2D eigenvalue weighted by atomic mass is 16.5. The highest BCUT2D eigenvalue weighted by Crippen LogP contribution is 2.31. The molecule has 3 rings (SSSR count). The minimum atomic E-state index is -0.906. The summed E-state index contributed by atoms with van der Waals surface area (Å²) in [6, 6.07) is 21.6. The van der Waals surface area contributed by atoms with Gasteiger partial charge in [0.05, 0.1) is 19.8 Å². The lowest BCUT2D eigenvalue weighted by atomic mass is 9.97. The van der Waals surface area contributed by atoms with Crippen molar-refractivity contribution < 1.29 is 19.4 Å². The second-order valence-electron chi connectivity index (χ2n) is 6.96. The van der Waals surface area contributed by atoms with Crippen LogP contribution in [0.5, 0.6) is 11.5 Å². The fourth-order valence-corrected chi connectivity index (χ4v) is 3.44. The van der Waals surface area contributed by atoms with Crippen LogP contribution in [0.4, 0.5) is 0 Å². The molecule has 0 bridgehead atoms. The van der Waals surface area contributed by atoms with Gasteiger partial charge in [-0.25, -0.2) is 4.79 Å². The molecule has 0 saturated heterocycles. The fraction of sp³-hybridized carbons (Fsp3) is 0.240. The zero-order valence-corrected chi connectivity index (χ0v) is 16.9. The molecule has 0 saturated carbocycles. The summed E-state index contributed by atoms with van der Waals surface area (Å²) in [7, 11) is 3.36. The van der Waals surface area contributed by atoms with Gasteiger partial charge in [-0.3, -0.25) is 0 Å². The predicted octanol–water partition coefficient (Wildman–Crippen LogP) is 4.97. The van der Waals surface area contributed by atoms with Gasteiger partial charge in [0.1, 0.15) is 11.5 Å². The number of carboxylic acid groups (broad SMARTS) is 1. The lowest BCUT2D eigenvalue weighted by Crippen LogP contribution is -2.02. The Labute approximate surface area is 171 Å². The van der Waals surface area contributed by atoms with Crippen LogP contribution in [0.15, 0.2) is 66.7 Å². The molecule has 0 radical (unpaired) electrons. The van der Waals surface area contributed by atoms with Crippen molar-refractivity contribution in [1.82, 2.24) is 0 Å². The minimum absolute atomic E-state index is 0.305. The van der Waals surface area contributed by atoms with Crippen molar-refractivity contribution in [2.24, 2.45) is 0 Å². The highest BCUT2D eigenvalue weighted by Gasteiger charge is 2.12. The van der Waals surface area contributed by atoms with E-state index in [1.54, 1.807) is 26.4 Å². The molecule has 150 valence electrons. The third kappa shape index (κ3) is 5.38. The molecular weight excluding hydrogens is 364 g/mol. The molecule has 0 atom stereocenters. The Morgan fingerprint density at radius 3 is 1.72 bits per heavy atom. The number of ether oxygens (including phenoxy) is 2. The first-order valence-electron chi connectivity index (χ1n) is 9.70. The number of aromatic carboxylic acids is 1. The van der Waals surface area contributed by atoms with E-state index in [0.29, 0.717) is 5.56 Å². The van der Waals surface area contributed by atoms with E-state index in [1.165, 1.54) is 5.56 Å². The Kier molecular flexibility index (Phi) is 6.90. The molecule has 3 aromatic carbocycles. The molecule has 0 spiro atoms. The summed E-state index contributed by atoms with van der Waals surface area (Å²) in [5.74, 6) is 0.747. The van der Waals surface area contributed by atoms with Gasteiger partial charge in [0, 0.05) is 6.07 Å². The smallest absolute Gasteiger partial charge is 0.335 e. The number of benzene rings is 3. The van der Waals surface area contributed by atoms with Crippen molar-refractivity contribution in [2.75, 3.05) is 14.2 Å². The Morgan fingerprint density at radius 2 is 1.24 bits per heavy atom. The average Bonchev–Trinajstić information content (AvgIpc) is 2.76. The van der Waals surface area contributed by atoms with Crippen LogP contribution in [0, 0.1) is 0 Å². The first kappa shape index (κ1) is 20.5. The number of methoxy groups -OCH3 is 2. The number of hydrogen-bond donors (Lipinski definition) is 1. The Balaban J connectivity index is 1.76. The van der Waals surface area contributed by atoms with E-state index < -0.39 is 5.97 Å². The van der Waals surface area contributed by atoms with Crippen molar-refractivity contribution in [3.8, 4) is 11.5 Å². The van der Waals surface area contributed by atoms with E-state index >= 15 is 0 Å². The highest BCUT2D eigenvalue weighted by molar-refractivity contribution is 5.87. The molecule has 1 N–H and O–H groups in total. The topological polar surface area (TPSA) is 55.8 Å². The largest absolute Gasteiger partial charge is 0.496 e. The van der Waals surface area contributed by atoms with Gasteiger partial charge in [-0.1, -0.05) is 42.5 Å². The van der Waals surface area contributed by atoms with Gasteiger partial charge >= 0.3 is 5.97 Å². The van der Waals surface area contributed by atoms with E-state index in [-0.39, 0.29) is 0 Å². The molecule has 3 aromatic rings. The number of rotatable bonds is 9. The molecule has 0 amide bonds. The van der Waals surface area contributed by atoms with Gasteiger partial charge in [0.15, 0.2) is 0 Å². The molecule has 0 heterocycles. The first-order chi connectivity index (χ1) is 14.1. The number of carboxylic acids is 1. The maximum Gasteiger partial charge on any atom is 0.335 e. The summed E-state index contributed by atoms with van der Waals surface area (Å²) in [4.78, 5) is 11.0. The lowest BCUT2D eigenvalue weighted by molar-refractivity contribution is 0.0697. The monoisotopic (exact) mass is 390 g/mol. The lowest BCUT2D eigenvalue weighted by Gasteiger charge is -2.15. The molecule has 29 heavy (non-hydrogen) atoms. The fourth-order valence-electron chi connectivity index (χ4n) is 3.44. The van der Waals surface area contributed by atoms with Crippen LogP contribution in [-0.2, 0) is 25.7 Å². The molecular formula is C25H26O4. The Hall–Kier alpha value is -3.27. The standard InChI is InChI=1S/C25H26O4/c1-28-23-17-24(29-2)22(15-11-19-8-12-20(13-9-19)25(26)27)16-21(23)14-10-18-6-4-3-5-7-18/h3-9,12-13,16-17H,10-11,14-15H2,1-2H3,(H,26,27). The van der Waals surface area contributed by atoms with E-state index in [0.717, 1.165) is 53.9 Å². The average molecular weight is 390 g/mol. The number of aryl methyl sites for hydroxylation is 4. The van der Waals surface area contributed by atoms with Crippen LogP contribution in [0.25, 0.3) is 0 Å². The van der Waals surface area contributed by atoms with Crippen molar-refractivity contribution in [3.63, 3.8) is 0 Å². The second kappa shape index (κ2) is 9.78. The molecule has 0 aromatic heterocycles. The maximum atomic E-state index is 11.0. The minimum Gasteiger partial charge on any atom is -0.496 e. The summed E-state index contributed by atoms with van der Waals surface area (Å²) in [5.41, 5.74) is 4.98. The van der Waals surface area contributed by atoms with Crippen LogP contribution in [0.2, 0.25) is 0 Å². The van der Waals surface area contributed by atoms with Gasteiger partial charge in [-0.05, 0) is 66.1 Å². The predicted molar refractivity (Wildman–Crippen MR) is 114 cm³/mol. The summed E-state index contributed by atoms with van der Waals surface area (Å²) >= 11 is 0. The van der Waals surface area contributed by atoms with E-state index in [2.05, 4.69) is 30.3 Å². The van der Waals surface area contributed by atoms with Crippen LogP contribution in [0.3, 0.4) is 0 Å². The number of carbonyl (C=O) groups is 1. The van der Waals surface area contributed by atoms with Gasteiger partial charge in [-0.15, -0.1) is 0 Å². The normalized spacial score (nSPS) is 10.6. The van der Waals surface area contributed by atoms with Crippen molar-refractivity contribution >= 4 is 5.97 Å². The number of hydrogen-bond acceptors (Lipinski definition) is 3. The van der Waals surface area contributed by atoms with Gasteiger partial charge in [0.2, 0.25) is 0 Å². The molecule has 0 aliphatic carbocycles. The van der Waals surface area contributed by atoms with Crippen LogP contribution >= 0.6 is 0 Å². The van der Waals surface area contributed by atoms with E-state index in [9.17, 15) is 4.79 Å². The van der Waals surface area contributed by atoms with Crippen molar-refractivity contribution in [2.45, 2.75) is 25.7 Å². The van der Waals surface area contributed by atoms with Crippen LogP contribution in [0.1, 0.15) is 32.6 Å². The first-order valence-corrected chi connectivity index (χ1v) is 9.70. The quantitative estimate of drug-likeness (QED) is 0.560. The summed E-state index contributed by atoms with van der Waals surface area (Å²) in [6.45, 7) is 0. The van der Waals surface area contributed by atoms with Crippen molar-refractivity contribution in [1.29, 1.82) is 0 Å². The van der Waals surface area contributed by atoms with Gasteiger partial charge in [-0.2, -0.15) is 0 Å². The summed E-state index contributed by atoms with van der Waals surface area (Å²) < 4.78 is 11.2. The zero-order valence-electron chi connectivity index (χ0n) is 16.9. The SMILES string of the molecule is COc1cc(OC)c(CCc2ccc(C(=O)O)cc2)cc1CCc1ccccc1. The molecule has 0 aliphatic heterocycles. The third-order valence-electron chi connectivity index (χ3n) is 5.09. The maximum absolute atomic E-state index is 11.0. The van der Waals surface area contributed by atoms with Gasteiger partial charge in [0.25, 0.3) is 0 Å². The second-order valence-corrected chi connectivity index (χ2v) is 6.96. The van der Waals surface area contributed by atoms with Crippen molar-refractivity contribution in [3.05, 3.63) is 94.5 Å². The van der Waals surface area contributed by atoms with E-state index in [4.69, 9.17) is 14.6 Å².